The van der Waals surface area contributed by atoms with Crippen LogP contribution in [0, 0.1) is 24.0 Å². The average molecular weight is 268 g/mol. The Morgan fingerprint density at radius 2 is 2.22 bits per heavy atom. The van der Waals surface area contributed by atoms with Gasteiger partial charge in [0.25, 0.3) is 0 Å². The van der Waals surface area contributed by atoms with Crippen molar-refractivity contribution >= 4 is 22.2 Å². The van der Waals surface area contributed by atoms with E-state index in [1.807, 2.05) is 0 Å². The summed E-state index contributed by atoms with van der Waals surface area (Å²) in [6.07, 6.45) is 0. The number of rotatable bonds is 4. The Kier molecular flexibility index (Phi) is 3.24. The Hall–Kier alpha value is -2.03. The maximum atomic E-state index is 10.9. The summed E-state index contributed by atoms with van der Waals surface area (Å²) in [7, 11) is 1.78. The van der Waals surface area contributed by atoms with E-state index >= 15 is 0 Å². The summed E-state index contributed by atoms with van der Waals surface area (Å²) in [4.78, 5) is 10.5. The van der Waals surface area contributed by atoms with Crippen LogP contribution in [0.2, 0.25) is 0 Å². The van der Waals surface area contributed by atoms with Crippen molar-refractivity contribution in [1.82, 2.24) is 19.4 Å². The standard InChI is InChI=1S/C9H12N6O2S/c1-5-8(15(16)17)6(2)14(12-5)4-7-9(10-3)18-13-11-7/h10H,4H2,1-3H3. The van der Waals surface area contributed by atoms with Crippen LogP contribution >= 0.6 is 11.5 Å². The lowest BCUT2D eigenvalue weighted by Crippen LogP contribution is -2.06. The predicted molar refractivity (Wildman–Crippen MR) is 66.9 cm³/mol. The minimum atomic E-state index is -0.410. The summed E-state index contributed by atoms with van der Waals surface area (Å²) >= 11 is 1.24. The molecule has 0 aromatic carbocycles. The largest absolute Gasteiger partial charge is 0.377 e. The average Bonchev–Trinajstić information content (AvgIpc) is 2.84. The normalized spacial score (nSPS) is 10.6. The molecule has 0 spiro atoms. The second-order valence-corrected chi connectivity index (χ2v) is 4.49. The quantitative estimate of drug-likeness (QED) is 0.663. The number of hydrogen-bond acceptors (Lipinski definition) is 7. The van der Waals surface area contributed by atoms with Gasteiger partial charge in [-0.05, 0) is 13.8 Å². The fourth-order valence-corrected chi connectivity index (χ4v) is 2.27. The van der Waals surface area contributed by atoms with E-state index in [9.17, 15) is 10.1 Å². The van der Waals surface area contributed by atoms with Gasteiger partial charge in [0.1, 0.15) is 22.1 Å². The third-order valence-electron chi connectivity index (χ3n) is 2.61. The number of aromatic nitrogens is 4. The van der Waals surface area contributed by atoms with Crippen LogP contribution in [0.25, 0.3) is 0 Å². The first kappa shape index (κ1) is 12.4. The predicted octanol–water partition coefficient (Wildman–Crippen LogP) is 1.35. The second kappa shape index (κ2) is 4.69. The molecule has 1 N–H and O–H groups in total. The molecule has 0 aliphatic rings. The molecule has 96 valence electrons. The van der Waals surface area contributed by atoms with Crippen molar-refractivity contribution in [2.45, 2.75) is 20.4 Å². The van der Waals surface area contributed by atoms with Gasteiger partial charge < -0.3 is 5.32 Å². The smallest absolute Gasteiger partial charge is 0.312 e. The van der Waals surface area contributed by atoms with Crippen LogP contribution in [0.1, 0.15) is 17.1 Å². The fraction of sp³-hybridized carbons (Fsp3) is 0.444. The summed E-state index contributed by atoms with van der Waals surface area (Å²) in [6, 6.07) is 0. The van der Waals surface area contributed by atoms with Crippen molar-refractivity contribution < 1.29 is 4.92 Å². The lowest BCUT2D eigenvalue weighted by molar-refractivity contribution is -0.386. The van der Waals surface area contributed by atoms with Gasteiger partial charge in [-0.2, -0.15) is 5.10 Å². The van der Waals surface area contributed by atoms with E-state index in [0.29, 0.717) is 17.9 Å². The molecule has 2 heterocycles. The summed E-state index contributed by atoms with van der Waals surface area (Å²) in [5, 5.41) is 22.9. The number of nitrogens with zero attached hydrogens (tertiary/aromatic N) is 5. The van der Waals surface area contributed by atoms with Gasteiger partial charge in [-0.15, -0.1) is 5.10 Å². The molecule has 0 fully saturated rings. The lowest BCUT2D eigenvalue weighted by atomic mass is 10.3. The zero-order valence-electron chi connectivity index (χ0n) is 10.2. The number of nitrogens with one attached hydrogen (secondary N) is 1. The van der Waals surface area contributed by atoms with Crippen molar-refractivity contribution in [1.29, 1.82) is 0 Å². The number of aryl methyl sites for hydroxylation is 1. The Morgan fingerprint density at radius 3 is 2.78 bits per heavy atom. The van der Waals surface area contributed by atoms with Gasteiger partial charge in [0.2, 0.25) is 0 Å². The molecule has 9 heteroatoms. The molecule has 0 atom stereocenters. The molecular formula is C9H12N6O2S. The summed E-state index contributed by atoms with van der Waals surface area (Å²) in [5.74, 6) is 0. The van der Waals surface area contributed by atoms with Crippen LogP contribution < -0.4 is 5.32 Å². The summed E-state index contributed by atoms with van der Waals surface area (Å²) in [5.41, 5.74) is 1.71. The molecule has 0 aliphatic carbocycles. The van der Waals surface area contributed by atoms with Crippen molar-refractivity contribution in [2.24, 2.45) is 0 Å². The van der Waals surface area contributed by atoms with E-state index in [-0.39, 0.29) is 5.69 Å². The first-order valence-electron chi connectivity index (χ1n) is 5.22. The van der Waals surface area contributed by atoms with Crippen molar-refractivity contribution in [2.75, 3.05) is 12.4 Å². The molecule has 0 saturated heterocycles. The highest BCUT2D eigenvalue weighted by Crippen LogP contribution is 2.24. The molecule has 8 nitrogen and oxygen atoms in total. The van der Waals surface area contributed by atoms with Crippen molar-refractivity contribution in [3.05, 3.63) is 27.2 Å². The zero-order valence-corrected chi connectivity index (χ0v) is 11.0. The highest BCUT2D eigenvalue weighted by atomic mass is 32.1. The van der Waals surface area contributed by atoms with Gasteiger partial charge >= 0.3 is 5.69 Å². The molecule has 0 amide bonds. The Balaban J connectivity index is 2.36. The van der Waals surface area contributed by atoms with Crippen LogP contribution in [-0.4, -0.2) is 31.3 Å². The van der Waals surface area contributed by atoms with Gasteiger partial charge in [0, 0.05) is 18.6 Å². The molecular weight excluding hydrogens is 256 g/mol. The van der Waals surface area contributed by atoms with Gasteiger partial charge in [0.15, 0.2) is 0 Å². The van der Waals surface area contributed by atoms with Crippen LogP contribution in [0.5, 0.6) is 0 Å². The zero-order chi connectivity index (χ0) is 13.3. The van der Waals surface area contributed by atoms with E-state index in [0.717, 1.165) is 10.7 Å². The first-order chi connectivity index (χ1) is 8.54. The van der Waals surface area contributed by atoms with Crippen LogP contribution in [-0.2, 0) is 6.54 Å². The first-order valence-corrected chi connectivity index (χ1v) is 5.99. The Bertz CT molecular complexity index is 590. The van der Waals surface area contributed by atoms with E-state index in [1.54, 1.807) is 25.6 Å². The minimum Gasteiger partial charge on any atom is -0.377 e. The van der Waals surface area contributed by atoms with Crippen LogP contribution in [0.4, 0.5) is 10.7 Å². The van der Waals surface area contributed by atoms with Crippen molar-refractivity contribution in [3.63, 3.8) is 0 Å². The highest BCUT2D eigenvalue weighted by Gasteiger charge is 2.22. The SMILES string of the molecule is CNc1snnc1Cn1nc(C)c([N+](=O)[O-])c1C. The molecule has 18 heavy (non-hydrogen) atoms. The monoisotopic (exact) mass is 268 g/mol. The molecule has 0 saturated carbocycles. The fourth-order valence-electron chi connectivity index (χ4n) is 1.75. The molecule has 2 aromatic rings. The molecule has 0 radical (unpaired) electrons. The topological polar surface area (TPSA) is 98.8 Å². The van der Waals surface area contributed by atoms with Gasteiger partial charge in [-0.1, -0.05) is 4.49 Å². The van der Waals surface area contributed by atoms with E-state index in [4.69, 9.17) is 0 Å². The maximum Gasteiger partial charge on any atom is 0.312 e. The molecule has 0 bridgehead atoms. The summed E-state index contributed by atoms with van der Waals surface area (Å²) in [6.45, 7) is 3.67. The minimum absolute atomic E-state index is 0.0594. The van der Waals surface area contributed by atoms with Gasteiger partial charge in [-0.25, -0.2) is 0 Å². The third-order valence-corrected chi connectivity index (χ3v) is 3.39. The molecule has 2 aromatic heterocycles. The van der Waals surface area contributed by atoms with Gasteiger partial charge in [0.05, 0.1) is 11.5 Å². The maximum absolute atomic E-state index is 10.9. The van der Waals surface area contributed by atoms with Gasteiger partial charge in [-0.3, -0.25) is 14.8 Å². The number of anilines is 1. The number of nitro groups is 1. The molecule has 0 aliphatic heterocycles. The van der Waals surface area contributed by atoms with Crippen LogP contribution in [0.3, 0.4) is 0 Å². The van der Waals surface area contributed by atoms with E-state index in [2.05, 4.69) is 20.0 Å². The lowest BCUT2D eigenvalue weighted by Gasteiger charge is -2.02. The van der Waals surface area contributed by atoms with E-state index < -0.39 is 4.92 Å². The third kappa shape index (κ3) is 2.04. The second-order valence-electron chi connectivity index (χ2n) is 3.73. The highest BCUT2D eigenvalue weighted by molar-refractivity contribution is 7.10. The Labute approximate surface area is 107 Å². The number of hydrogen-bond donors (Lipinski definition) is 1. The summed E-state index contributed by atoms with van der Waals surface area (Å²) < 4.78 is 5.41. The van der Waals surface area contributed by atoms with Crippen LogP contribution in [0.15, 0.2) is 0 Å². The van der Waals surface area contributed by atoms with Crippen molar-refractivity contribution in [3.8, 4) is 0 Å². The molecule has 0 unspecified atom stereocenters. The Morgan fingerprint density at radius 1 is 1.50 bits per heavy atom. The molecule has 2 rings (SSSR count). The van der Waals surface area contributed by atoms with E-state index in [1.165, 1.54) is 11.5 Å².